The Morgan fingerprint density at radius 1 is 1.04 bits per heavy atom. The fourth-order valence-electron chi connectivity index (χ4n) is 3.68. The van der Waals surface area contributed by atoms with Gasteiger partial charge in [0.15, 0.2) is 11.5 Å². The molecule has 0 radical (unpaired) electrons. The summed E-state index contributed by atoms with van der Waals surface area (Å²) >= 11 is 0. The Kier molecular flexibility index (Phi) is 5.14. The van der Waals surface area contributed by atoms with Crippen molar-refractivity contribution in [1.29, 1.82) is 0 Å². The van der Waals surface area contributed by atoms with Gasteiger partial charge in [0.25, 0.3) is 0 Å². The van der Waals surface area contributed by atoms with Crippen molar-refractivity contribution in [3.05, 3.63) is 65.9 Å². The highest BCUT2D eigenvalue weighted by Crippen LogP contribution is 2.35. The minimum atomic E-state index is 0.299. The van der Waals surface area contributed by atoms with Gasteiger partial charge in [-0.15, -0.1) is 0 Å². The molecule has 0 saturated heterocycles. The summed E-state index contributed by atoms with van der Waals surface area (Å²) in [7, 11) is 1.69. The van der Waals surface area contributed by atoms with E-state index in [2.05, 4.69) is 43.3 Å². The molecule has 1 aliphatic carbocycles. The van der Waals surface area contributed by atoms with Crippen molar-refractivity contribution in [3.8, 4) is 22.8 Å². The molecule has 0 bridgehead atoms. The molecule has 0 amide bonds. The van der Waals surface area contributed by atoms with Gasteiger partial charge in [-0.2, -0.15) is 5.10 Å². The van der Waals surface area contributed by atoms with Crippen LogP contribution < -0.4 is 9.47 Å². The van der Waals surface area contributed by atoms with Crippen molar-refractivity contribution in [2.75, 3.05) is 7.11 Å². The van der Waals surface area contributed by atoms with Gasteiger partial charge in [-0.3, -0.25) is 4.68 Å². The van der Waals surface area contributed by atoms with E-state index in [0.29, 0.717) is 6.10 Å². The summed E-state index contributed by atoms with van der Waals surface area (Å²) in [6, 6.07) is 16.5. The highest BCUT2D eigenvalue weighted by molar-refractivity contribution is 5.63. The van der Waals surface area contributed by atoms with E-state index in [1.807, 2.05) is 23.0 Å². The summed E-state index contributed by atoms with van der Waals surface area (Å²) in [4.78, 5) is 0. The van der Waals surface area contributed by atoms with Crippen LogP contribution in [-0.4, -0.2) is 23.0 Å². The van der Waals surface area contributed by atoms with Crippen LogP contribution in [0.5, 0.6) is 11.5 Å². The summed E-state index contributed by atoms with van der Waals surface area (Å²) in [5.41, 5.74) is 4.56. The number of aryl methyl sites for hydroxylation is 1. The van der Waals surface area contributed by atoms with Crippen LogP contribution >= 0.6 is 0 Å². The first-order valence-electron chi connectivity index (χ1n) is 9.66. The Balaban J connectivity index is 1.56. The van der Waals surface area contributed by atoms with Crippen LogP contribution in [0.1, 0.15) is 36.8 Å². The second kappa shape index (κ2) is 7.87. The topological polar surface area (TPSA) is 36.3 Å². The highest BCUT2D eigenvalue weighted by atomic mass is 16.5. The summed E-state index contributed by atoms with van der Waals surface area (Å²) in [5, 5.41) is 4.77. The van der Waals surface area contributed by atoms with Crippen LogP contribution in [0, 0.1) is 6.92 Å². The summed E-state index contributed by atoms with van der Waals surface area (Å²) < 4.78 is 13.7. The largest absolute Gasteiger partial charge is 0.493 e. The van der Waals surface area contributed by atoms with Crippen LogP contribution in [0.15, 0.2) is 54.7 Å². The van der Waals surface area contributed by atoms with Crippen LogP contribution in [0.3, 0.4) is 0 Å². The molecule has 4 nitrogen and oxygen atoms in total. The SMILES string of the molecule is COc1ccc(-c2ccn(Cc3ccccc3C)n2)cc1OC1CCCC1. The Hall–Kier alpha value is -2.75. The van der Waals surface area contributed by atoms with Crippen molar-refractivity contribution in [3.63, 3.8) is 0 Å². The number of ether oxygens (including phenoxy) is 2. The van der Waals surface area contributed by atoms with Crippen LogP contribution in [-0.2, 0) is 6.54 Å². The van der Waals surface area contributed by atoms with E-state index in [-0.39, 0.29) is 0 Å². The van der Waals surface area contributed by atoms with E-state index >= 15 is 0 Å². The average Bonchev–Trinajstić information content (AvgIpc) is 3.36. The van der Waals surface area contributed by atoms with Gasteiger partial charge >= 0.3 is 0 Å². The van der Waals surface area contributed by atoms with Gasteiger partial charge in [-0.05, 0) is 68.0 Å². The second-order valence-electron chi connectivity index (χ2n) is 7.21. The standard InChI is InChI=1S/C23H26N2O2/c1-17-7-3-4-8-19(17)16-25-14-13-21(24-25)18-11-12-22(26-2)23(15-18)27-20-9-5-6-10-20/h3-4,7-8,11-15,20H,5-6,9-10,16H2,1-2H3. The fourth-order valence-corrected chi connectivity index (χ4v) is 3.68. The first kappa shape index (κ1) is 17.7. The lowest BCUT2D eigenvalue weighted by Crippen LogP contribution is -2.11. The van der Waals surface area contributed by atoms with Crippen molar-refractivity contribution < 1.29 is 9.47 Å². The fraction of sp³-hybridized carbons (Fsp3) is 0.348. The third kappa shape index (κ3) is 4.00. The summed E-state index contributed by atoms with van der Waals surface area (Å²) in [6.45, 7) is 2.91. The van der Waals surface area contributed by atoms with E-state index in [9.17, 15) is 0 Å². The third-order valence-electron chi connectivity index (χ3n) is 5.29. The predicted octanol–water partition coefficient (Wildman–Crippen LogP) is 5.24. The van der Waals surface area contributed by atoms with Gasteiger partial charge in [0.05, 0.1) is 25.5 Å². The number of benzene rings is 2. The highest BCUT2D eigenvalue weighted by Gasteiger charge is 2.19. The van der Waals surface area contributed by atoms with Gasteiger partial charge in [-0.25, -0.2) is 0 Å². The Morgan fingerprint density at radius 3 is 2.63 bits per heavy atom. The molecular formula is C23H26N2O2. The Bertz CT molecular complexity index is 910. The molecule has 0 spiro atoms. The number of hydrogen-bond acceptors (Lipinski definition) is 3. The number of methoxy groups -OCH3 is 1. The molecule has 27 heavy (non-hydrogen) atoms. The molecule has 0 N–H and O–H groups in total. The lowest BCUT2D eigenvalue weighted by molar-refractivity contribution is 0.201. The number of hydrogen-bond donors (Lipinski definition) is 0. The summed E-state index contributed by atoms with van der Waals surface area (Å²) in [6.07, 6.45) is 7.07. The van der Waals surface area contributed by atoms with Gasteiger partial charge in [0.2, 0.25) is 0 Å². The van der Waals surface area contributed by atoms with Gasteiger partial charge in [-0.1, -0.05) is 24.3 Å². The van der Waals surface area contributed by atoms with Gasteiger partial charge in [0, 0.05) is 11.8 Å². The maximum Gasteiger partial charge on any atom is 0.162 e. The third-order valence-corrected chi connectivity index (χ3v) is 5.29. The molecular weight excluding hydrogens is 336 g/mol. The van der Waals surface area contributed by atoms with Crippen LogP contribution in [0.25, 0.3) is 11.3 Å². The van der Waals surface area contributed by atoms with Crippen molar-refractivity contribution in [2.45, 2.75) is 45.3 Å². The van der Waals surface area contributed by atoms with E-state index in [0.717, 1.165) is 42.1 Å². The van der Waals surface area contributed by atoms with Gasteiger partial charge < -0.3 is 9.47 Å². The molecule has 4 heteroatoms. The molecule has 2 aromatic carbocycles. The van der Waals surface area contributed by atoms with Crippen molar-refractivity contribution in [1.82, 2.24) is 9.78 Å². The minimum absolute atomic E-state index is 0.299. The van der Waals surface area contributed by atoms with Gasteiger partial charge in [0.1, 0.15) is 0 Å². The lowest BCUT2D eigenvalue weighted by atomic mass is 10.1. The molecule has 1 heterocycles. The number of rotatable bonds is 6. The zero-order valence-corrected chi connectivity index (χ0v) is 16.0. The molecule has 1 fully saturated rings. The van der Waals surface area contributed by atoms with E-state index in [4.69, 9.17) is 14.6 Å². The molecule has 140 valence electrons. The zero-order chi connectivity index (χ0) is 18.6. The first-order chi connectivity index (χ1) is 13.2. The lowest BCUT2D eigenvalue weighted by Gasteiger charge is -2.16. The van der Waals surface area contributed by atoms with Crippen molar-refractivity contribution >= 4 is 0 Å². The smallest absolute Gasteiger partial charge is 0.162 e. The van der Waals surface area contributed by atoms with Crippen molar-refractivity contribution in [2.24, 2.45) is 0 Å². The molecule has 1 aliphatic rings. The average molecular weight is 362 g/mol. The monoisotopic (exact) mass is 362 g/mol. The van der Waals surface area contributed by atoms with E-state index < -0.39 is 0 Å². The quantitative estimate of drug-likeness (QED) is 0.602. The van der Waals surface area contributed by atoms with E-state index in [1.165, 1.54) is 24.0 Å². The maximum atomic E-state index is 6.22. The first-order valence-corrected chi connectivity index (χ1v) is 9.66. The second-order valence-corrected chi connectivity index (χ2v) is 7.21. The molecule has 1 saturated carbocycles. The molecule has 0 aliphatic heterocycles. The van der Waals surface area contributed by atoms with E-state index in [1.54, 1.807) is 7.11 Å². The van der Waals surface area contributed by atoms with Crippen LogP contribution in [0.2, 0.25) is 0 Å². The Labute approximate surface area is 160 Å². The molecule has 3 aromatic rings. The van der Waals surface area contributed by atoms with Crippen LogP contribution in [0.4, 0.5) is 0 Å². The Morgan fingerprint density at radius 2 is 1.85 bits per heavy atom. The zero-order valence-electron chi connectivity index (χ0n) is 16.0. The maximum absolute atomic E-state index is 6.22. The minimum Gasteiger partial charge on any atom is -0.493 e. The normalized spacial score (nSPS) is 14.4. The molecule has 4 rings (SSSR count). The molecule has 1 aromatic heterocycles. The summed E-state index contributed by atoms with van der Waals surface area (Å²) in [5.74, 6) is 1.60. The molecule has 0 atom stereocenters. The number of nitrogens with zero attached hydrogens (tertiary/aromatic N) is 2. The predicted molar refractivity (Wildman–Crippen MR) is 107 cm³/mol. The number of aromatic nitrogens is 2. The molecule has 0 unspecified atom stereocenters.